The summed E-state index contributed by atoms with van der Waals surface area (Å²) in [7, 11) is 0. The van der Waals surface area contributed by atoms with E-state index in [1.807, 2.05) is 6.07 Å². The van der Waals surface area contributed by atoms with Gasteiger partial charge in [-0.05, 0) is 25.8 Å². The van der Waals surface area contributed by atoms with Crippen LogP contribution in [0.4, 0.5) is 9.18 Å². The molecule has 7 heteroatoms. The molecule has 138 valence electrons. The molecule has 0 spiro atoms. The molecule has 1 saturated heterocycles. The van der Waals surface area contributed by atoms with Crippen LogP contribution in [0, 0.1) is 0 Å². The number of amides is 1. The molecule has 2 rings (SSSR count). The number of carbonyl (C=O) groups is 2. The van der Waals surface area contributed by atoms with E-state index in [-0.39, 0.29) is 12.8 Å². The van der Waals surface area contributed by atoms with Gasteiger partial charge in [0.1, 0.15) is 5.72 Å². The molecule has 1 aliphatic heterocycles. The minimum Gasteiger partial charge on any atom is -0.481 e. The number of aliphatic carboxylic acids is 1. The second kappa shape index (κ2) is 7.82. The van der Waals surface area contributed by atoms with Gasteiger partial charge in [0, 0.05) is 6.42 Å². The molecule has 1 fully saturated rings. The van der Waals surface area contributed by atoms with Crippen LogP contribution in [0.25, 0.3) is 0 Å². The Kier molecular flexibility index (Phi) is 6.00. The summed E-state index contributed by atoms with van der Waals surface area (Å²) in [5.41, 5.74) is -0.411. The molecule has 1 aliphatic rings. The quantitative estimate of drug-likeness (QED) is 0.840. The molecular weight excluding hydrogens is 329 g/mol. The molecule has 3 atom stereocenters. The number of benzene rings is 1. The van der Waals surface area contributed by atoms with Crippen LogP contribution in [0.3, 0.4) is 0 Å². The Bertz CT molecular complexity index is 607. The Balaban J connectivity index is 2.34. The molecular formula is C18H24FNO5. The Morgan fingerprint density at radius 2 is 2.00 bits per heavy atom. The Hall–Kier alpha value is -2.15. The monoisotopic (exact) mass is 353 g/mol. The van der Waals surface area contributed by atoms with Gasteiger partial charge in [-0.2, -0.15) is 0 Å². The standard InChI is InChI=1S/C18H24FNO5/c1-4-8-14(19)24-17(23)20-16(12-9-6-5-7-10-12)13(11-15(21)22)25-18(20,2)3/h5-7,9-10,13-14,16H,4,8,11H2,1-3H3,(H,21,22)/t13-,14?,16+/m1/s1. The first-order valence-electron chi connectivity index (χ1n) is 8.34. The lowest BCUT2D eigenvalue weighted by Gasteiger charge is -2.33. The van der Waals surface area contributed by atoms with Gasteiger partial charge in [0.2, 0.25) is 6.36 Å². The fourth-order valence-corrected chi connectivity index (χ4v) is 3.12. The first-order chi connectivity index (χ1) is 11.8. The van der Waals surface area contributed by atoms with Gasteiger partial charge < -0.3 is 14.6 Å². The van der Waals surface area contributed by atoms with Gasteiger partial charge in [0.15, 0.2) is 0 Å². The molecule has 1 unspecified atom stereocenters. The predicted octanol–water partition coefficient (Wildman–Crippen LogP) is 3.87. The number of carboxylic acid groups (broad SMARTS) is 1. The zero-order valence-electron chi connectivity index (χ0n) is 14.6. The predicted molar refractivity (Wildman–Crippen MR) is 88.5 cm³/mol. The summed E-state index contributed by atoms with van der Waals surface area (Å²) in [5, 5.41) is 9.17. The third kappa shape index (κ3) is 4.48. The fraction of sp³-hybridized carbons (Fsp3) is 0.556. The maximum absolute atomic E-state index is 13.8. The maximum Gasteiger partial charge on any atom is 0.415 e. The number of halogens is 1. The van der Waals surface area contributed by atoms with Gasteiger partial charge in [-0.15, -0.1) is 0 Å². The zero-order chi connectivity index (χ0) is 18.6. The van der Waals surface area contributed by atoms with Crippen molar-refractivity contribution in [3.8, 4) is 0 Å². The van der Waals surface area contributed by atoms with E-state index in [0.29, 0.717) is 12.0 Å². The van der Waals surface area contributed by atoms with Gasteiger partial charge in [0.25, 0.3) is 0 Å². The van der Waals surface area contributed by atoms with E-state index in [2.05, 4.69) is 0 Å². The third-order valence-electron chi connectivity index (χ3n) is 4.11. The summed E-state index contributed by atoms with van der Waals surface area (Å²) in [6.07, 6.45) is -2.95. The normalized spacial score (nSPS) is 23.3. The van der Waals surface area contributed by atoms with Crippen molar-refractivity contribution < 1.29 is 28.6 Å². The van der Waals surface area contributed by atoms with E-state index in [4.69, 9.17) is 9.47 Å². The van der Waals surface area contributed by atoms with E-state index in [1.54, 1.807) is 45.0 Å². The van der Waals surface area contributed by atoms with Crippen molar-refractivity contribution in [3.63, 3.8) is 0 Å². The minimum atomic E-state index is -1.71. The number of alkyl halides is 1. The second-order valence-electron chi connectivity index (χ2n) is 6.51. The molecule has 0 bridgehead atoms. The molecule has 1 amide bonds. The molecule has 0 saturated carbocycles. The minimum absolute atomic E-state index is 0.107. The molecule has 25 heavy (non-hydrogen) atoms. The summed E-state index contributed by atoms with van der Waals surface area (Å²) < 4.78 is 24.5. The number of hydrogen-bond donors (Lipinski definition) is 1. The van der Waals surface area contributed by atoms with Crippen molar-refractivity contribution >= 4 is 12.1 Å². The molecule has 0 radical (unpaired) electrons. The van der Waals surface area contributed by atoms with Crippen molar-refractivity contribution in [3.05, 3.63) is 35.9 Å². The van der Waals surface area contributed by atoms with Crippen LogP contribution in [0.15, 0.2) is 30.3 Å². The number of hydrogen-bond acceptors (Lipinski definition) is 4. The highest BCUT2D eigenvalue weighted by Crippen LogP contribution is 2.43. The van der Waals surface area contributed by atoms with Gasteiger partial charge in [-0.1, -0.05) is 37.3 Å². The summed E-state index contributed by atoms with van der Waals surface area (Å²) in [6.45, 7) is 5.07. The molecule has 1 aromatic rings. The van der Waals surface area contributed by atoms with Crippen molar-refractivity contribution in [1.29, 1.82) is 0 Å². The Morgan fingerprint density at radius 1 is 1.36 bits per heavy atom. The Labute approximate surface area is 146 Å². The number of ether oxygens (including phenoxy) is 2. The van der Waals surface area contributed by atoms with Crippen LogP contribution in [0.1, 0.15) is 51.6 Å². The lowest BCUT2D eigenvalue weighted by atomic mass is 9.98. The molecule has 0 aliphatic carbocycles. The largest absolute Gasteiger partial charge is 0.481 e. The Morgan fingerprint density at radius 3 is 2.56 bits per heavy atom. The molecule has 6 nitrogen and oxygen atoms in total. The lowest BCUT2D eigenvalue weighted by Crippen LogP contribution is -2.46. The van der Waals surface area contributed by atoms with E-state index < -0.39 is 36.3 Å². The van der Waals surface area contributed by atoms with E-state index in [1.165, 1.54) is 4.90 Å². The third-order valence-corrected chi connectivity index (χ3v) is 4.11. The SMILES string of the molecule is CCCC(F)OC(=O)N1[C@@H](c2ccccc2)[C@@H](CC(=O)O)OC1(C)C. The number of rotatable bonds is 6. The highest BCUT2D eigenvalue weighted by molar-refractivity contribution is 5.71. The van der Waals surface area contributed by atoms with Crippen LogP contribution in [0.2, 0.25) is 0 Å². The molecule has 1 N–H and O–H groups in total. The van der Waals surface area contributed by atoms with E-state index in [0.717, 1.165) is 0 Å². The summed E-state index contributed by atoms with van der Waals surface area (Å²) in [5.74, 6) is -1.04. The van der Waals surface area contributed by atoms with Gasteiger partial charge >= 0.3 is 12.1 Å². The van der Waals surface area contributed by atoms with Crippen molar-refractivity contribution in [2.75, 3.05) is 0 Å². The van der Waals surface area contributed by atoms with Crippen LogP contribution in [-0.2, 0) is 14.3 Å². The highest BCUT2D eigenvalue weighted by atomic mass is 19.1. The van der Waals surface area contributed by atoms with Crippen molar-refractivity contribution in [1.82, 2.24) is 4.90 Å². The average molecular weight is 353 g/mol. The molecule has 0 aromatic heterocycles. The first-order valence-corrected chi connectivity index (χ1v) is 8.34. The van der Waals surface area contributed by atoms with Crippen molar-refractivity contribution in [2.45, 2.75) is 64.3 Å². The summed E-state index contributed by atoms with van der Waals surface area (Å²) in [6, 6.07) is 8.29. The van der Waals surface area contributed by atoms with Gasteiger partial charge in [0.05, 0.1) is 18.6 Å². The average Bonchev–Trinajstić information content (AvgIpc) is 2.77. The van der Waals surface area contributed by atoms with Gasteiger partial charge in [-0.3, -0.25) is 9.69 Å². The zero-order valence-corrected chi connectivity index (χ0v) is 14.6. The first kappa shape index (κ1) is 19.2. The number of nitrogens with zero attached hydrogens (tertiary/aromatic N) is 1. The van der Waals surface area contributed by atoms with Crippen LogP contribution in [-0.4, -0.2) is 40.3 Å². The maximum atomic E-state index is 13.8. The fourth-order valence-electron chi connectivity index (χ4n) is 3.12. The van der Waals surface area contributed by atoms with E-state index in [9.17, 15) is 19.1 Å². The second-order valence-corrected chi connectivity index (χ2v) is 6.51. The highest BCUT2D eigenvalue weighted by Gasteiger charge is 2.52. The smallest absolute Gasteiger partial charge is 0.415 e. The molecule has 1 heterocycles. The lowest BCUT2D eigenvalue weighted by molar-refractivity contribution is -0.141. The van der Waals surface area contributed by atoms with Crippen LogP contribution < -0.4 is 0 Å². The summed E-state index contributed by atoms with van der Waals surface area (Å²) in [4.78, 5) is 25.1. The van der Waals surface area contributed by atoms with E-state index >= 15 is 0 Å². The van der Waals surface area contributed by atoms with Crippen molar-refractivity contribution in [2.24, 2.45) is 0 Å². The number of carbonyl (C=O) groups excluding carboxylic acids is 1. The topological polar surface area (TPSA) is 76.1 Å². The number of carboxylic acids is 1. The summed E-state index contributed by atoms with van der Waals surface area (Å²) >= 11 is 0. The molecule has 1 aromatic carbocycles. The van der Waals surface area contributed by atoms with Crippen LogP contribution >= 0.6 is 0 Å². The van der Waals surface area contributed by atoms with Crippen LogP contribution in [0.5, 0.6) is 0 Å². The van der Waals surface area contributed by atoms with Gasteiger partial charge in [-0.25, -0.2) is 9.18 Å².